The second kappa shape index (κ2) is 6.47. The van der Waals surface area contributed by atoms with Gasteiger partial charge in [-0.2, -0.15) is 0 Å². The fourth-order valence-corrected chi connectivity index (χ4v) is 2.39. The first-order chi connectivity index (χ1) is 10.9. The number of rotatable bonds is 5. The van der Waals surface area contributed by atoms with E-state index >= 15 is 0 Å². The quantitative estimate of drug-likeness (QED) is 0.476. The van der Waals surface area contributed by atoms with Gasteiger partial charge in [-0.1, -0.05) is 0 Å². The highest BCUT2D eigenvalue weighted by molar-refractivity contribution is 6.13. The molecule has 0 aliphatic carbocycles. The molecule has 8 heteroatoms. The number of non-ortho nitro benzene ring substituents is 1. The van der Waals surface area contributed by atoms with E-state index in [1.54, 1.807) is 20.9 Å². The number of nitro benzene ring substituents is 1. The van der Waals surface area contributed by atoms with E-state index in [1.165, 1.54) is 22.8 Å². The van der Waals surface area contributed by atoms with Crippen LogP contribution in [0.25, 0.3) is 10.9 Å². The molecule has 0 aliphatic rings. The van der Waals surface area contributed by atoms with Crippen molar-refractivity contribution in [1.82, 2.24) is 4.57 Å². The molecule has 1 heterocycles. The van der Waals surface area contributed by atoms with Crippen molar-refractivity contribution in [2.45, 2.75) is 13.8 Å². The average molecular weight is 320 g/mol. The van der Waals surface area contributed by atoms with Crippen LogP contribution in [-0.4, -0.2) is 34.6 Å². The summed E-state index contributed by atoms with van der Waals surface area (Å²) < 4.78 is 11.4. The summed E-state index contributed by atoms with van der Waals surface area (Å²) in [6, 6.07) is 4.05. The minimum atomic E-state index is -0.721. The maximum Gasteiger partial charge on any atom is 0.355 e. The number of carbonyl (C=O) groups is 2. The lowest BCUT2D eigenvalue weighted by Gasteiger charge is -2.06. The topological polar surface area (TPSA) is 101 Å². The van der Waals surface area contributed by atoms with Crippen molar-refractivity contribution in [2.75, 3.05) is 13.2 Å². The van der Waals surface area contributed by atoms with Gasteiger partial charge in [-0.05, 0) is 19.9 Å². The van der Waals surface area contributed by atoms with Crippen LogP contribution >= 0.6 is 0 Å². The molecule has 0 bridgehead atoms. The van der Waals surface area contributed by atoms with Crippen LogP contribution in [0.15, 0.2) is 18.2 Å². The van der Waals surface area contributed by atoms with E-state index in [1.807, 2.05) is 0 Å². The fourth-order valence-electron chi connectivity index (χ4n) is 2.39. The molecule has 8 nitrogen and oxygen atoms in total. The van der Waals surface area contributed by atoms with E-state index in [-0.39, 0.29) is 35.5 Å². The van der Waals surface area contributed by atoms with Gasteiger partial charge < -0.3 is 14.0 Å². The molecule has 0 amide bonds. The van der Waals surface area contributed by atoms with Crippen LogP contribution in [0, 0.1) is 10.1 Å². The van der Waals surface area contributed by atoms with E-state index in [4.69, 9.17) is 9.47 Å². The van der Waals surface area contributed by atoms with Crippen molar-refractivity contribution in [3.8, 4) is 0 Å². The van der Waals surface area contributed by atoms with Crippen LogP contribution in [0.4, 0.5) is 5.69 Å². The Labute approximate surface area is 131 Å². The third kappa shape index (κ3) is 2.87. The van der Waals surface area contributed by atoms with Gasteiger partial charge >= 0.3 is 11.9 Å². The highest BCUT2D eigenvalue weighted by Gasteiger charge is 2.28. The maximum atomic E-state index is 12.3. The minimum Gasteiger partial charge on any atom is -0.462 e. The molecule has 0 saturated heterocycles. The normalized spacial score (nSPS) is 10.6. The highest BCUT2D eigenvalue weighted by Crippen LogP contribution is 2.30. The van der Waals surface area contributed by atoms with Crippen molar-refractivity contribution in [3.63, 3.8) is 0 Å². The lowest BCUT2D eigenvalue weighted by atomic mass is 10.1. The van der Waals surface area contributed by atoms with Gasteiger partial charge in [0.2, 0.25) is 0 Å². The Morgan fingerprint density at radius 3 is 2.35 bits per heavy atom. The Hall–Kier alpha value is -2.90. The highest BCUT2D eigenvalue weighted by atomic mass is 16.6. The summed E-state index contributed by atoms with van der Waals surface area (Å²) in [4.78, 5) is 34.9. The Balaban J connectivity index is 2.79. The van der Waals surface area contributed by atoms with Gasteiger partial charge in [0.25, 0.3) is 5.69 Å². The number of aromatic nitrogens is 1. The molecule has 2 aromatic rings. The fraction of sp³-hybridized carbons (Fsp3) is 0.333. The zero-order valence-corrected chi connectivity index (χ0v) is 13.0. The van der Waals surface area contributed by atoms with E-state index in [0.717, 1.165) is 0 Å². The summed E-state index contributed by atoms with van der Waals surface area (Å²) in [5.74, 6) is -1.40. The lowest BCUT2D eigenvalue weighted by molar-refractivity contribution is -0.384. The average Bonchev–Trinajstić information content (AvgIpc) is 2.80. The van der Waals surface area contributed by atoms with Crippen LogP contribution in [0.5, 0.6) is 0 Å². The predicted octanol–water partition coefficient (Wildman–Crippen LogP) is 2.44. The third-order valence-electron chi connectivity index (χ3n) is 3.34. The van der Waals surface area contributed by atoms with Crippen LogP contribution in [0.1, 0.15) is 34.7 Å². The number of nitrogens with zero attached hydrogens (tertiary/aromatic N) is 2. The van der Waals surface area contributed by atoms with Crippen molar-refractivity contribution < 1.29 is 24.0 Å². The van der Waals surface area contributed by atoms with E-state index in [9.17, 15) is 19.7 Å². The monoisotopic (exact) mass is 320 g/mol. The predicted molar refractivity (Wildman–Crippen MR) is 81.5 cm³/mol. The molecule has 23 heavy (non-hydrogen) atoms. The molecule has 122 valence electrons. The summed E-state index contributed by atoms with van der Waals surface area (Å²) in [6.07, 6.45) is 0. The van der Waals surface area contributed by atoms with Gasteiger partial charge in [0.15, 0.2) is 0 Å². The van der Waals surface area contributed by atoms with Gasteiger partial charge in [0.05, 0.1) is 18.1 Å². The summed E-state index contributed by atoms with van der Waals surface area (Å²) in [7, 11) is 1.59. The van der Waals surface area contributed by atoms with Crippen molar-refractivity contribution in [3.05, 3.63) is 39.6 Å². The number of esters is 2. The molecule has 0 saturated carbocycles. The molecule has 1 aromatic heterocycles. The first-order valence-electron chi connectivity index (χ1n) is 7.03. The zero-order chi connectivity index (χ0) is 17.1. The molecular weight excluding hydrogens is 304 g/mol. The summed E-state index contributed by atoms with van der Waals surface area (Å²) >= 11 is 0. The number of ether oxygens (including phenoxy) is 2. The molecule has 2 rings (SSSR count). The van der Waals surface area contributed by atoms with Crippen LogP contribution in [-0.2, 0) is 16.5 Å². The van der Waals surface area contributed by atoms with Gasteiger partial charge in [0.1, 0.15) is 11.3 Å². The van der Waals surface area contributed by atoms with Crippen LogP contribution in [0.2, 0.25) is 0 Å². The van der Waals surface area contributed by atoms with Gasteiger partial charge in [-0.25, -0.2) is 9.59 Å². The molecule has 0 unspecified atom stereocenters. The Bertz CT molecular complexity index is 793. The molecule has 0 spiro atoms. The lowest BCUT2D eigenvalue weighted by Crippen LogP contribution is -2.16. The second-order valence-corrected chi connectivity index (χ2v) is 4.68. The smallest absolute Gasteiger partial charge is 0.355 e. The van der Waals surface area contributed by atoms with Crippen molar-refractivity contribution >= 4 is 28.5 Å². The van der Waals surface area contributed by atoms with Gasteiger partial charge in [0, 0.05) is 30.1 Å². The van der Waals surface area contributed by atoms with Gasteiger partial charge in [-0.15, -0.1) is 0 Å². The molecule has 0 radical (unpaired) electrons. The van der Waals surface area contributed by atoms with Gasteiger partial charge in [-0.3, -0.25) is 10.1 Å². The maximum absolute atomic E-state index is 12.3. The van der Waals surface area contributed by atoms with Crippen molar-refractivity contribution in [1.29, 1.82) is 0 Å². The summed E-state index contributed by atoms with van der Waals surface area (Å²) in [5.41, 5.74) is 0.318. The second-order valence-electron chi connectivity index (χ2n) is 4.68. The SMILES string of the molecule is CCOC(=O)c1c(C(=O)OCC)n(C)c2ccc([N+](=O)[O-])cc12. The van der Waals surface area contributed by atoms with Crippen LogP contribution in [0.3, 0.4) is 0 Å². The third-order valence-corrected chi connectivity index (χ3v) is 3.34. The number of hydrogen-bond donors (Lipinski definition) is 0. The number of benzene rings is 1. The van der Waals surface area contributed by atoms with E-state index < -0.39 is 16.9 Å². The standard InChI is InChI=1S/C15H16N2O6/c1-4-22-14(18)12-10-8-9(17(20)21)6-7-11(10)16(3)13(12)15(19)23-5-2/h6-8H,4-5H2,1-3H3. The number of carbonyl (C=O) groups excluding carboxylic acids is 2. The van der Waals surface area contributed by atoms with Crippen LogP contribution < -0.4 is 0 Å². The number of fused-ring (bicyclic) bond motifs is 1. The zero-order valence-electron chi connectivity index (χ0n) is 13.0. The van der Waals surface area contributed by atoms with E-state index in [2.05, 4.69) is 0 Å². The summed E-state index contributed by atoms with van der Waals surface area (Å²) in [5, 5.41) is 11.3. The Kier molecular flexibility index (Phi) is 4.63. The molecule has 0 aliphatic heterocycles. The largest absolute Gasteiger partial charge is 0.462 e. The van der Waals surface area contributed by atoms with E-state index in [0.29, 0.717) is 5.52 Å². The number of hydrogen-bond acceptors (Lipinski definition) is 6. The molecule has 0 fully saturated rings. The number of nitro groups is 1. The first-order valence-corrected chi connectivity index (χ1v) is 7.03. The summed E-state index contributed by atoms with van der Waals surface area (Å²) in [6.45, 7) is 3.54. The molecule has 0 atom stereocenters. The Morgan fingerprint density at radius 1 is 1.17 bits per heavy atom. The molecule has 0 N–H and O–H groups in total. The minimum absolute atomic E-state index is 0.0146. The van der Waals surface area contributed by atoms with Crippen molar-refractivity contribution in [2.24, 2.45) is 7.05 Å². The molecular formula is C15H16N2O6. The molecule has 1 aromatic carbocycles. The first kappa shape index (κ1) is 16.5. The Morgan fingerprint density at radius 2 is 1.78 bits per heavy atom. The number of aryl methyl sites for hydroxylation is 1.